The molecule has 3 atom stereocenters. The predicted molar refractivity (Wildman–Crippen MR) is 195 cm³/mol. The molecule has 56 heavy (non-hydrogen) atoms. The van der Waals surface area contributed by atoms with Gasteiger partial charge in [-0.15, -0.1) is 23.1 Å². The van der Waals surface area contributed by atoms with Gasteiger partial charge in [-0.25, -0.2) is 14.6 Å². The summed E-state index contributed by atoms with van der Waals surface area (Å²) in [5.41, 5.74) is 5.86. The number of anilines is 1. The number of carbonyl (C=O) groups is 5. The monoisotopic (exact) mass is 834 g/mol. The van der Waals surface area contributed by atoms with Crippen LogP contribution in [0.1, 0.15) is 40.3 Å². The van der Waals surface area contributed by atoms with E-state index < -0.39 is 65.1 Å². The van der Waals surface area contributed by atoms with E-state index in [0.717, 1.165) is 29.1 Å². The molecule has 3 aliphatic heterocycles. The molecule has 0 aliphatic carbocycles. The number of phenols is 2. The summed E-state index contributed by atoms with van der Waals surface area (Å²) in [6.45, 7) is 4.12. The molecule has 23 heteroatoms. The molecular formula is C33H38N7Na2O12S2+. The number of nitrogens with one attached hydrogen (secondary N) is 1. The number of aliphatic carboxylic acids is 3. The summed E-state index contributed by atoms with van der Waals surface area (Å²) in [6, 6.07) is 1.36. The van der Waals surface area contributed by atoms with E-state index >= 15 is 0 Å². The molecule has 0 saturated carbocycles. The molecule has 1 aromatic carbocycles. The van der Waals surface area contributed by atoms with E-state index in [2.05, 4.69) is 15.5 Å². The second-order valence-electron chi connectivity index (χ2n) is 13.1. The second-order valence-corrected chi connectivity index (χ2v) is 15.1. The third-order valence-electron chi connectivity index (χ3n) is 9.56. The van der Waals surface area contributed by atoms with Crippen molar-refractivity contribution in [2.24, 2.45) is 5.16 Å². The van der Waals surface area contributed by atoms with Gasteiger partial charge < -0.3 is 53.3 Å². The summed E-state index contributed by atoms with van der Waals surface area (Å²) in [5, 5.41) is 55.9. The topological polar surface area (TPSA) is 284 Å². The molecule has 0 radical (unpaired) electrons. The van der Waals surface area contributed by atoms with E-state index in [0.29, 0.717) is 40.8 Å². The van der Waals surface area contributed by atoms with Crippen LogP contribution in [0.15, 0.2) is 44.9 Å². The van der Waals surface area contributed by atoms with Gasteiger partial charge in [-0.05, 0) is 13.0 Å². The Bertz CT molecular complexity index is 2220. The van der Waals surface area contributed by atoms with Crippen molar-refractivity contribution in [2.75, 3.05) is 31.1 Å². The third kappa shape index (κ3) is 9.05. The molecular weight excluding hydrogens is 797 g/mol. The van der Waals surface area contributed by atoms with Gasteiger partial charge >= 0.3 is 77.0 Å². The maximum absolute atomic E-state index is 13.7. The molecule has 290 valence electrons. The van der Waals surface area contributed by atoms with Crippen LogP contribution in [0.2, 0.25) is 0 Å². The van der Waals surface area contributed by atoms with E-state index in [1.54, 1.807) is 10.8 Å². The molecule has 8 N–H and O–H groups in total. The fourth-order valence-corrected chi connectivity index (χ4v) is 8.94. The number of amides is 2. The summed E-state index contributed by atoms with van der Waals surface area (Å²) in [6.07, 6.45) is 0.461. The molecule has 0 unspecified atom stereocenters. The fourth-order valence-electron chi connectivity index (χ4n) is 7.05. The summed E-state index contributed by atoms with van der Waals surface area (Å²) in [7, 11) is 0. The number of thioether (sulfide) groups is 1. The molecule has 19 nitrogen and oxygen atoms in total. The average molecular weight is 835 g/mol. The van der Waals surface area contributed by atoms with Gasteiger partial charge in [0.05, 0.1) is 36.0 Å². The van der Waals surface area contributed by atoms with Crippen LogP contribution in [0.5, 0.6) is 11.5 Å². The number of carboxylic acids is 3. The Kier molecular flexibility index (Phi) is 14.7. The van der Waals surface area contributed by atoms with Gasteiger partial charge in [0.15, 0.2) is 27.8 Å². The maximum Gasteiger partial charge on any atom is 1.00 e. The normalized spacial score (nSPS) is 19.3. The van der Waals surface area contributed by atoms with E-state index in [9.17, 15) is 49.2 Å². The van der Waals surface area contributed by atoms with Crippen molar-refractivity contribution < 1.29 is 121 Å². The number of phenolic OH excluding ortho intramolecular Hbond substituents is 2. The Morgan fingerprint density at radius 1 is 1.11 bits per heavy atom. The van der Waals surface area contributed by atoms with Crippen LogP contribution in [-0.4, -0.2) is 123 Å². The number of likely N-dealkylation sites (tertiary alicyclic amines) is 1. The van der Waals surface area contributed by atoms with E-state index in [1.165, 1.54) is 29.3 Å². The van der Waals surface area contributed by atoms with Gasteiger partial charge in [-0.3, -0.25) is 24.1 Å². The zero-order valence-corrected chi connectivity index (χ0v) is 36.3. The van der Waals surface area contributed by atoms with Gasteiger partial charge in [0.1, 0.15) is 35.9 Å². The SMILES string of the molecule is CCn1cc(C[N+]2(CC3=C(C(=O)O)N4C(=O)[C@@H](NC(=O)/C(=N\O[C@H](CC(=O)O)C(=O)O)c5csc(N)n5)[C@H]4SC3)CCCC2)c(=O)c2cc(O)c(O)cc21.[H-].[H-].[Na+].[Na+]. The number of quaternary nitrogens is 1. The molecule has 5 heterocycles. The maximum atomic E-state index is 13.7. The number of fused-ring (bicyclic) bond motifs is 2. The van der Waals surface area contributed by atoms with Crippen molar-refractivity contribution in [2.45, 2.75) is 56.8 Å². The van der Waals surface area contributed by atoms with Crippen molar-refractivity contribution in [3.63, 3.8) is 0 Å². The van der Waals surface area contributed by atoms with Crippen LogP contribution >= 0.6 is 23.1 Å². The summed E-state index contributed by atoms with van der Waals surface area (Å²) >= 11 is 2.16. The third-order valence-corrected chi connectivity index (χ3v) is 11.6. The second kappa shape index (κ2) is 18.3. The number of aromatic nitrogens is 2. The Morgan fingerprint density at radius 3 is 2.38 bits per heavy atom. The minimum Gasteiger partial charge on any atom is -1.00 e. The quantitative estimate of drug-likeness (QED) is 0.0200. The minimum atomic E-state index is -1.95. The van der Waals surface area contributed by atoms with E-state index in [-0.39, 0.29) is 114 Å². The first kappa shape index (κ1) is 45.0. The smallest absolute Gasteiger partial charge is 1.00 e. The van der Waals surface area contributed by atoms with Crippen LogP contribution in [0.4, 0.5) is 5.13 Å². The molecule has 2 saturated heterocycles. The average Bonchev–Trinajstić information content (AvgIpc) is 3.77. The van der Waals surface area contributed by atoms with Crippen LogP contribution in [-0.2, 0) is 41.9 Å². The molecule has 3 aromatic rings. The zero-order chi connectivity index (χ0) is 39.1. The van der Waals surface area contributed by atoms with Crippen molar-refractivity contribution in [1.29, 1.82) is 0 Å². The molecule has 0 bridgehead atoms. The minimum absolute atomic E-state index is 0. The number of aryl methyl sites for hydroxylation is 1. The summed E-state index contributed by atoms with van der Waals surface area (Å²) in [5.74, 6) is -6.82. The first-order valence-electron chi connectivity index (χ1n) is 16.7. The van der Waals surface area contributed by atoms with Crippen molar-refractivity contribution in [3.05, 3.63) is 56.5 Å². The number of pyridine rings is 1. The van der Waals surface area contributed by atoms with Crippen LogP contribution in [0.3, 0.4) is 0 Å². The number of hydrogen-bond donors (Lipinski definition) is 7. The van der Waals surface area contributed by atoms with Gasteiger partial charge in [-0.1, -0.05) is 5.16 Å². The molecule has 2 aromatic heterocycles. The number of nitrogens with two attached hydrogens (primary N) is 1. The van der Waals surface area contributed by atoms with Crippen LogP contribution < -0.4 is 75.6 Å². The summed E-state index contributed by atoms with van der Waals surface area (Å²) < 4.78 is 2.16. The number of benzene rings is 1. The predicted octanol–water partition coefficient (Wildman–Crippen LogP) is -5.10. The molecule has 3 aliphatic rings. The van der Waals surface area contributed by atoms with E-state index in [1.807, 2.05) is 6.92 Å². The van der Waals surface area contributed by atoms with Crippen LogP contribution in [0, 0.1) is 0 Å². The van der Waals surface area contributed by atoms with Gasteiger partial charge in [0, 0.05) is 48.4 Å². The number of nitrogen functional groups attached to an aromatic ring is 1. The van der Waals surface area contributed by atoms with Gasteiger partial charge in [-0.2, -0.15) is 0 Å². The fraction of sp³-hybridized carbons (Fsp3) is 0.394. The first-order valence-corrected chi connectivity index (χ1v) is 18.6. The number of carboxylic acid groups (broad SMARTS) is 3. The summed E-state index contributed by atoms with van der Waals surface area (Å²) in [4.78, 5) is 86.2. The standard InChI is InChI=1S/C33H35N7O12S2.2Na.2H/c1-2-38-10-15(27(45)17-7-20(41)21(42)8-19(17)38)11-40(5-3-4-6-40)12-16-13-53-30-25(29(47)39(30)26(16)32(50)51)36-28(46)24(18-14-54-33(34)35-18)37-52-22(31(48)49)9-23(43)44;;;;/h7-8,10,14,22,25,30H,2-6,9,11-13H2,1H3,(H7-,34,35,36,37,41,42,43,44,45,46,48,49,50,51);;;;/q;2*+1;2*-1/p+1/t22-,25-,30-;;;;/m1..../s1. The molecule has 2 amide bonds. The zero-order valence-electron chi connectivity index (χ0n) is 32.6. The Balaban J connectivity index is 0.00000290. The largest absolute Gasteiger partial charge is 1.00 e. The van der Waals surface area contributed by atoms with Gasteiger partial charge in [0.2, 0.25) is 6.10 Å². The number of aromatic hydroxyl groups is 2. The number of oxime groups is 1. The Morgan fingerprint density at radius 2 is 1.79 bits per heavy atom. The number of hydrogen-bond acceptors (Lipinski definition) is 14. The molecule has 2 fully saturated rings. The van der Waals surface area contributed by atoms with Crippen molar-refractivity contribution in [3.8, 4) is 11.5 Å². The van der Waals surface area contributed by atoms with E-state index in [4.69, 9.17) is 15.7 Å². The van der Waals surface area contributed by atoms with Crippen LogP contribution in [0.25, 0.3) is 10.9 Å². The van der Waals surface area contributed by atoms with Crippen molar-refractivity contribution in [1.82, 2.24) is 19.8 Å². The number of β-lactam (4-membered cyclic amide) rings is 1. The van der Waals surface area contributed by atoms with Crippen molar-refractivity contribution >= 4 is 74.6 Å². The number of carbonyl (C=O) groups excluding carboxylic acids is 2. The first-order chi connectivity index (χ1) is 25.6. The number of thiazole rings is 1. The van der Waals surface area contributed by atoms with Gasteiger partial charge in [0.25, 0.3) is 11.8 Å². The molecule has 0 spiro atoms. The number of rotatable bonds is 14. The number of nitrogens with zero attached hydrogens (tertiary/aromatic N) is 5. The molecule has 6 rings (SSSR count). The Hall–Kier alpha value is -3.67. The Labute approximate surface area is 373 Å².